The highest BCUT2D eigenvalue weighted by Gasteiger charge is 2.04. The summed E-state index contributed by atoms with van der Waals surface area (Å²) < 4.78 is 0. The van der Waals surface area contributed by atoms with Crippen LogP contribution in [0.5, 0.6) is 5.75 Å². The molecule has 4 nitrogen and oxygen atoms in total. The van der Waals surface area contributed by atoms with Crippen LogP contribution in [0.4, 0.5) is 10.5 Å². The lowest BCUT2D eigenvalue weighted by atomic mass is 10.0. The molecule has 3 N–H and O–H groups in total. The maximum atomic E-state index is 10.6. The minimum atomic E-state index is -1.15. The summed E-state index contributed by atoms with van der Waals surface area (Å²) in [6, 6.07) is 14.5. The van der Waals surface area contributed by atoms with Crippen LogP contribution in [0.1, 0.15) is 11.1 Å². The summed E-state index contributed by atoms with van der Waals surface area (Å²) in [5.74, 6) is 0.0483. The molecule has 18 heavy (non-hydrogen) atoms. The van der Waals surface area contributed by atoms with E-state index in [1.54, 1.807) is 12.1 Å². The minimum Gasteiger partial charge on any atom is -0.508 e. The highest BCUT2D eigenvalue weighted by molar-refractivity contribution is 5.83. The van der Waals surface area contributed by atoms with E-state index in [0.717, 1.165) is 11.1 Å². The van der Waals surface area contributed by atoms with Gasteiger partial charge in [-0.25, -0.2) is 4.79 Å². The van der Waals surface area contributed by atoms with Gasteiger partial charge in [-0.15, -0.1) is 0 Å². The molecule has 2 aromatic rings. The van der Waals surface area contributed by atoms with Gasteiger partial charge in [0.25, 0.3) is 0 Å². The lowest BCUT2D eigenvalue weighted by Crippen LogP contribution is -2.07. The zero-order valence-electron chi connectivity index (χ0n) is 9.63. The summed E-state index contributed by atoms with van der Waals surface area (Å²) in [7, 11) is 0. The van der Waals surface area contributed by atoms with Gasteiger partial charge in [-0.05, 0) is 29.7 Å². The van der Waals surface area contributed by atoms with Crippen molar-refractivity contribution in [2.24, 2.45) is 0 Å². The van der Waals surface area contributed by atoms with Gasteiger partial charge < -0.3 is 10.2 Å². The van der Waals surface area contributed by atoms with E-state index in [4.69, 9.17) is 5.11 Å². The third-order valence-electron chi connectivity index (χ3n) is 2.48. The van der Waals surface area contributed by atoms with Crippen molar-refractivity contribution in [1.82, 2.24) is 0 Å². The van der Waals surface area contributed by atoms with Crippen molar-refractivity contribution in [2.75, 3.05) is 5.32 Å². The zero-order chi connectivity index (χ0) is 13.0. The quantitative estimate of drug-likeness (QED) is 0.775. The van der Waals surface area contributed by atoms with Crippen LogP contribution in [-0.2, 0) is 6.42 Å². The number of carbonyl (C=O) groups is 1. The number of amides is 1. The normalized spacial score (nSPS) is 10.0. The van der Waals surface area contributed by atoms with Crippen molar-refractivity contribution in [1.29, 1.82) is 0 Å². The molecule has 0 aromatic heterocycles. The fourth-order valence-corrected chi connectivity index (χ4v) is 1.80. The van der Waals surface area contributed by atoms with Crippen LogP contribution in [0.15, 0.2) is 48.5 Å². The third-order valence-corrected chi connectivity index (χ3v) is 2.48. The Balaban J connectivity index is 2.23. The van der Waals surface area contributed by atoms with Crippen molar-refractivity contribution in [3.63, 3.8) is 0 Å². The first-order valence-corrected chi connectivity index (χ1v) is 5.50. The van der Waals surface area contributed by atoms with E-state index in [1.165, 1.54) is 6.07 Å². The van der Waals surface area contributed by atoms with E-state index < -0.39 is 6.09 Å². The Morgan fingerprint density at radius 3 is 2.44 bits per heavy atom. The summed E-state index contributed by atoms with van der Waals surface area (Å²) in [6.45, 7) is 0. The van der Waals surface area contributed by atoms with Gasteiger partial charge in [-0.2, -0.15) is 0 Å². The molecule has 0 radical (unpaired) electrons. The lowest BCUT2D eigenvalue weighted by Gasteiger charge is -2.07. The largest absolute Gasteiger partial charge is 0.508 e. The monoisotopic (exact) mass is 243 g/mol. The summed E-state index contributed by atoms with van der Waals surface area (Å²) in [4.78, 5) is 10.6. The summed E-state index contributed by atoms with van der Waals surface area (Å²) in [5.41, 5.74) is 2.32. The van der Waals surface area contributed by atoms with Crippen LogP contribution in [0.25, 0.3) is 0 Å². The Morgan fingerprint density at radius 1 is 1.06 bits per heavy atom. The first-order valence-electron chi connectivity index (χ1n) is 5.50. The Bertz CT molecular complexity index is 552. The van der Waals surface area contributed by atoms with E-state index in [-0.39, 0.29) is 5.75 Å². The Hall–Kier alpha value is -2.49. The van der Waals surface area contributed by atoms with Gasteiger partial charge in [0.2, 0.25) is 0 Å². The summed E-state index contributed by atoms with van der Waals surface area (Å²) in [6.07, 6.45) is -0.505. The summed E-state index contributed by atoms with van der Waals surface area (Å²) >= 11 is 0. The molecule has 0 saturated carbocycles. The molecular formula is C14H13NO3. The number of anilines is 1. The zero-order valence-corrected chi connectivity index (χ0v) is 9.63. The Morgan fingerprint density at radius 2 is 1.78 bits per heavy atom. The molecule has 0 saturated heterocycles. The second-order valence-electron chi connectivity index (χ2n) is 3.98. The molecule has 0 aliphatic carbocycles. The number of phenolic OH excluding ortho intramolecular Hbond substituents is 1. The minimum absolute atomic E-state index is 0.0483. The maximum Gasteiger partial charge on any atom is 0.409 e. The van der Waals surface area contributed by atoms with Gasteiger partial charge in [0, 0.05) is 11.8 Å². The number of phenols is 1. The van der Waals surface area contributed by atoms with Gasteiger partial charge in [-0.3, -0.25) is 5.32 Å². The molecule has 0 heterocycles. The van der Waals surface area contributed by atoms with Gasteiger partial charge in [0.1, 0.15) is 5.75 Å². The van der Waals surface area contributed by atoms with Crippen molar-refractivity contribution in [3.05, 3.63) is 59.7 Å². The second kappa shape index (κ2) is 5.23. The molecule has 0 atom stereocenters. The van der Waals surface area contributed by atoms with Crippen molar-refractivity contribution in [2.45, 2.75) is 6.42 Å². The summed E-state index contributed by atoms with van der Waals surface area (Å²) in [5, 5.41) is 20.4. The van der Waals surface area contributed by atoms with Crippen LogP contribution >= 0.6 is 0 Å². The average Bonchev–Trinajstić information content (AvgIpc) is 2.28. The molecule has 2 aromatic carbocycles. The molecule has 2 rings (SSSR count). The third kappa shape index (κ3) is 3.25. The number of nitrogens with one attached hydrogen (secondary N) is 1. The molecule has 1 amide bonds. The van der Waals surface area contributed by atoms with E-state index in [9.17, 15) is 9.90 Å². The van der Waals surface area contributed by atoms with Crippen LogP contribution in [-0.4, -0.2) is 16.3 Å². The SMILES string of the molecule is O=C(O)Nc1cc(O)cc(Cc2ccccc2)c1. The Kier molecular flexibility index (Phi) is 3.48. The van der Waals surface area contributed by atoms with E-state index in [0.29, 0.717) is 12.1 Å². The van der Waals surface area contributed by atoms with Gasteiger partial charge in [-0.1, -0.05) is 30.3 Å². The number of rotatable bonds is 3. The van der Waals surface area contributed by atoms with Crippen LogP contribution < -0.4 is 5.32 Å². The van der Waals surface area contributed by atoms with Gasteiger partial charge >= 0.3 is 6.09 Å². The fourth-order valence-electron chi connectivity index (χ4n) is 1.80. The predicted octanol–water partition coefficient (Wildman–Crippen LogP) is 3.07. The number of hydrogen-bond acceptors (Lipinski definition) is 2. The van der Waals surface area contributed by atoms with Crippen molar-refractivity contribution < 1.29 is 15.0 Å². The van der Waals surface area contributed by atoms with Crippen LogP contribution in [0.3, 0.4) is 0 Å². The van der Waals surface area contributed by atoms with Crippen LogP contribution in [0, 0.1) is 0 Å². The molecule has 0 aliphatic heterocycles. The number of carboxylic acid groups (broad SMARTS) is 1. The molecule has 92 valence electrons. The van der Waals surface area contributed by atoms with Crippen LogP contribution in [0.2, 0.25) is 0 Å². The first kappa shape index (κ1) is 12.0. The molecule has 0 spiro atoms. The molecular weight excluding hydrogens is 230 g/mol. The van der Waals surface area contributed by atoms with Crippen molar-refractivity contribution in [3.8, 4) is 5.75 Å². The lowest BCUT2D eigenvalue weighted by molar-refractivity contribution is 0.210. The molecule has 0 unspecified atom stereocenters. The second-order valence-corrected chi connectivity index (χ2v) is 3.98. The molecule has 0 bridgehead atoms. The maximum absolute atomic E-state index is 10.6. The first-order chi connectivity index (χ1) is 8.63. The molecule has 0 aliphatic rings. The van der Waals surface area contributed by atoms with E-state index in [1.807, 2.05) is 30.3 Å². The van der Waals surface area contributed by atoms with Gasteiger partial charge in [0.15, 0.2) is 0 Å². The number of aromatic hydroxyl groups is 1. The molecule has 4 heteroatoms. The average molecular weight is 243 g/mol. The van der Waals surface area contributed by atoms with E-state index in [2.05, 4.69) is 5.32 Å². The predicted molar refractivity (Wildman–Crippen MR) is 69.0 cm³/mol. The Labute approximate surface area is 105 Å². The highest BCUT2D eigenvalue weighted by Crippen LogP contribution is 2.21. The topological polar surface area (TPSA) is 69.6 Å². The number of benzene rings is 2. The smallest absolute Gasteiger partial charge is 0.409 e. The van der Waals surface area contributed by atoms with Gasteiger partial charge in [0.05, 0.1) is 0 Å². The molecule has 0 fully saturated rings. The van der Waals surface area contributed by atoms with Crippen molar-refractivity contribution >= 4 is 11.8 Å². The van der Waals surface area contributed by atoms with E-state index >= 15 is 0 Å². The highest BCUT2D eigenvalue weighted by atomic mass is 16.4. The fraction of sp³-hybridized carbons (Fsp3) is 0.0714. The number of hydrogen-bond donors (Lipinski definition) is 3. The standard InChI is InChI=1S/C14H13NO3/c16-13-8-11(6-10-4-2-1-3-5-10)7-12(9-13)15-14(17)18/h1-5,7-9,15-16H,6H2,(H,17,18).